The Kier molecular flexibility index (Phi) is 5.36. The number of pyridine rings is 1. The fourth-order valence-corrected chi connectivity index (χ4v) is 3.59. The van der Waals surface area contributed by atoms with Gasteiger partial charge in [-0.2, -0.15) is 0 Å². The maximum absolute atomic E-state index is 12.8. The molecule has 1 fully saturated rings. The minimum absolute atomic E-state index is 0.0385. The molecule has 1 aromatic carbocycles. The standard InChI is InChI=1S/C21H24N4O3/c1-14-10-18(19-15(2)24-28-21(19)23-14)20(26)22-11-17-13-25(8-9-27-17)12-16-6-4-3-5-7-16/h3-7,10,17H,8-9,11-13H2,1-2H3,(H,22,26)/t17-/m1/s1. The number of nitrogens with zero attached hydrogens (tertiary/aromatic N) is 3. The molecule has 1 N–H and O–H groups in total. The molecule has 1 aliphatic heterocycles. The number of amides is 1. The lowest BCUT2D eigenvalue weighted by Crippen LogP contribution is -2.47. The van der Waals surface area contributed by atoms with Gasteiger partial charge in [-0.15, -0.1) is 0 Å². The van der Waals surface area contributed by atoms with Gasteiger partial charge in [-0.25, -0.2) is 4.98 Å². The van der Waals surface area contributed by atoms with Gasteiger partial charge in [0.25, 0.3) is 11.6 Å². The van der Waals surface area contributed by atoms with Crippen LogP contribution in [-0.2, 0) is 11.3 Å². The summed E-state index contributed by atoms with van der Waals surface area (Å²) >= 11 is 0. The van der Waals surface area contributed by atoms with Crippen molar-refractivity contribution in [1.29, 1.82) is 0 Å². The number of benzene rings is 1. The third-order valence-electron chi connectivity index (χ3n) is 4.95. The van der Waals surface area contributed by atoms with Crippen LogP contribution in [0, 0.1) is 13.8 Å². The quantitative estimate of drug-likeness (QED) is 0.732. The van der Waals surface area contributed by atoms with Gasteiger partial charge in [0.15, 0.2) is 0 Å². The third kappa shape index (κ3) is 4.05. The number of rotatable bonds is 5. The van der Waals surface area contributed by atoms with E-state index in [-0.39, 0.29) is 12.0 Å². The SMILES string of the molecule is Cc1cc(C(=O)NC[C@@H]2CN(Cc3ccccc3)CCO2)c2c(C)noc2n1. The molecule has 0 spiro atoms. The predicted molar refractivity (Wildman–Crippen MR) is 105 cm³/mol. The Hall–Kier alpha value is -2.77. The Bertz CT molecular complexity index is 970. The van der Waals surface area contributed by atoms with E-state index >= 15 is 0 Å². The molecule has 4 rings (SSSR count). The molecule has 1 atom stereocenters. The number of morpholine rings is 1. The van der Waals surface area contributed by atoms with E-state index in [2.05, 4.69) is 44.6 Å². The number of ether oxygens (including phenoxy) is 1. The van der Waals surface area contributed by atoms with Crippen LogP contribution in [0.2, 0.25) is 0 Å². The van der Waals surface area contributed by atoms with Gasteiger partial charge in [0.2, 0.25) is 0 Å². The Labute approximate surface area is 163 Å². The first kappa shape index (κ1) is 18.6. The number of carbonyl (C=O) groups excluding carboxylic acids is 1. The maximum Gasteiger partial charge on any atom is 0.258 e. The molecule has 28 heavy (non-hydrogen) atoms. The Morgan fingerprint density at radius 3 is 2.93 bits per heavy atom. The molecule has 7 nitrogen and oxygen atoms in total. The van der Waals surface area contributed by atoms with E-state index in [9.17, 15) is 4.79 Å². The van der Waals surface area contributed by atoms with E-state index in [1.165, 1.54) is 5.56 Å². The number of aromatic nitrogens is 2. The van der Waals surface area contributed by atoms with Crippen molar-refractivity contribution in [1.82, 2.24) is 20.4 Å². The molecule has 1 saturated heterocycles. The molecule has 1 aliphatic rings. The molecule has 3 heterocycles. The van der Waals surface area contributed by atoms with Crippen LogP contribution in [0.3, 0.4) is 0 Å². The van der Waals surface area contributed by atoms with Crippen LogP contribution >= 0.6 is 0 Å². The lowest BCUT2D eigenvalue weighted by atomic mass is 10.1. The van der Waals surface area contributed by atoms with Crippen molar-refractivity contribution in [2.45, 2.75) is 26.5 Å². The first-order valence-corrected chi connectivity index (χ1v) is 9.50. The van der Waals surface area contributed by atoms with E-state index in [1.54, 1.807) is 6.07 Å². The van der Waals surface area contributed by atoms with Gasteiger partial charge in [-0.3, -0.25) is 9.69 Å². The minimum Gasteiger partial charge on any atom is -0.374 e. The lowest BCUT2D eigenvalue weighted by molar-refractivity contribution is -0.0292. The molecule has 146 valence electrons. The van der Waals surface area contributed by atoms with Gasteiger partial charge in [0.1, 0.15) is 0 Å². The summed E-state index contributed by atoms with van der Waals surface area (Å²) in [6.45, 7) is 7.33. The van der Waals surface area contributed by atoms with Gasteiger partial charge in [0, 0.05) is 31.9 Å². The summed E-state index contributed by atoms with van der Waals surface area (Å²) in [5.41, 5.74) is 3.60. The summed E-state index contributed by atoms with van der Waals surface area (Å²) in [5, 5.41) is 7.60. The summed E-state index contributed by atoms with van der Waals surface area (Å²) in [4.78, 5) is 19.5. The molecule has 0 aliphatic carbocycles. The number of fused-ring (bicyclic) bond motifs is 1. The van der Waals surface area contributed by atoms with Gasteiger partial charge in [-0.1, -0.05) is 35.5 Å². The zero-order valence-electron chi connectivity index (χ0n) is 16.1. The topological polar surface area (TPSA) is 80.5 Å². The molecule has 3 aromatic rings. The van der Waals surface area contributed by atoms with E-state index < -0.39 is 0 Å². The fraction of sp³-hybridized carbons (Fsp3) is 0.381. The summed E-state index contributed by atoms with van der Waals surface area (Å²) < 4.78 is 11.1. The largest absolute Gasteiger partial charge is 0.374 e. The average molecular weight is 380 g/mol. The number of hydrogen-bond acceptors (Lipinski definition) is 6. The van der Waals surface area contributed by atoms with E-state index in [0.717, 1.165) is 25.3 Å². The fourth-order valence-electron chi connectivity index (χ4n) is 3.59. The van der Waals surface area contributed by atoms with Crippen molar-refractivity contribution in [2.24, 2.45) is 0 Å². The van der Waals surface area contributed by atoms with E-state index in [4.69, 9.17) is 9.26 Å². The van der Waals surface area contributed by atoms with E-state index in [0.29, 0.717) is 35.5 Å². The zero-order valence-corrected chi connectivity index (χ0v) is 16.1. The van der Waals surface area contributed by atoms with Crippen LogP contribution in [0.5, 0.6) is 0 Å². The molecular weight excluding hydrogens is 356 g/mol. The van der Waals surface area contributed by atoms with Crippen molar-refractivity contribution in [3.8, 4) is 0 Å². The Morgan fingerprint density at radius 2 is 2.11 bits per heavy atom. The van der Waals surface area contributed by atoms with Crippen molar-refractivity contribution < 1.29 is 14.1 Å². The number of hydrogen-bond donors (Lipinski definition) is 1. The highest BCUT2D eigenvalue weighted by Gasteiger charge is 2.23. The molecule has 1 amide bonds. The van der Waals surface area contributed by atoms with Gasteiger partial charge >= 0.3 is 0 Å². The van der Waals surface area contributed by atoms with Gasteiger partial charge < -0.3 is 14.6 Å². The van der Waals surface area contributed by atoms with Gasteiger partial charge in [-0.05, 0) is 25.5 Å². The van der Waals surface area contributed by atoms with Crippen molar-refractivity contribution >= 4 is 17.0 Å². The summed E-state index contributed by atoms with van der Waals surface area (Å²) in [5.74, 6) is -0.161. The first-order chi connectivity index (χ1) is 13.6. The Morgan fingerprint density at radius 1 is 1.29 bits per heavy atom. The number of nitrogens with one attached hydrogen (secondary N) is 1. The van der Waals surface area contributed by atoms with Crippen LogP contribution < -0.4 is 5.32 Å². The summed E-state index contributed by atoms with van der Waals surface area (Å²) in [6, 6.07) is 12.2. The second-order valence-corrected chi connectivity index (χ2v) is 7.18. The molecule has 0 unspecified atom stereocenters. The normalized spacial score (nSPS) is 17.7. The van der Waals surface area contributed by atoms with E-state index in [1.807, 2.05) is 19.9 Å². The lowest BCUT2D eigenvalue weighted by Gasteiger charge is -2.33. The number of aryl methyl sites for hydroxylation is 2. The zero-order chi connectivity index (χ0) is 19.5. The highest BCUT2D eigenvalue weighted by molar-refractivity contribution is 6.06. The van der Waals surface area contributed by atoms with Crippen LogP contribution in [0.1, 0.15) is 27.3 Å². The monoisotopic (exact) mass is 380 g/mol. The molecule has 0 radical (unpaired) electrons. The van der Waals surface area contributed by atoms with Crippen molar-refractivity contribution in [2.75, 3.05) is 26.2 Å². The summed E-state index contributed by atoms with van der Waals surface area (Å²) in [6.07, 6.45) is -0.0385. The van der Waals surface area contributed by atoms with Crippen LogP contribution in [-0.4, -0.2) is 53.3 Å². The molecule has 7 heteroatoms. The van der Waals surface area contributed by atoms with Crippen molar-refractivity contribution in [3.05, 3.63) is 58.9 Å². The third-order valence-corrected chi connectivity index (χ3v) is 4.95. The van der Waals surface area contributed by atoms with Crippen LogP contribution in [0.15, 0.2) is 40.9 Å². The highest BCUT2D eigenvalue weighted by Crippen LogP contribution is 2.21. The second-order valence-electron chi connectivity index (χ2n) is 7.18. The predicted octanol–water partition coefficient (Wildman–Crippen LogP) is 2.47. The van der Waals surface area contributed by atoms with Crippen molar-refractivity contribution in [3.63, 3.8) is 0 Å². The first-order valence-electron chi connectivity index (χ1n) is 9.50. The molecule has 0 saturated carbocycles. The molecule has 0 bridgehead atoms. The summed E-state index contributed by atoms with van der Waals surface area (Å²) in [7, 11) is 0. The minimum atomic E-state index is -0.161. The highest BCUT2D eigenvalue weighted by atomic mass is 16.5. The molecular formula is C21H24N4O3. The molecule has 2 aromatic heterocycles. The number of carbonyl (C=O) groups is 1. The Balaban J connectivity index is 1.39. The van der Waals surface area contributed by atoms with Crippen LogP contribution in [0.25, 0.3) is 11.1 Å². The van der Waals surface area contributed by atoms with Crippen LogP contribution in [0.4, 0.5) is 0 Å². The average Bonchev–Trinajstić information content (AvgIpc) is 3.07. The maximum atomic E-state index is 12.8. The smallest absolute Gasteiger partial charge is 0.258 e. The second kappa shape index (κ2) is 8.08. The van der Waals surface area contributed by atoms with Gasteiger partial charge in [0.05, 0.1) is 29.4 Å².